The molecule has 0 amide bonds. The topological polar surface area (TPSA) is 63.3 Å². The van der Waals surface area contributed by atoms with Crippen LogP contribution in [0, 0.1) is 5.82 Å². The molecule has 0 unspecified atom stereocenters. The molecule has 0 aliphatic rings. The van der Waals surface area contributed by atoms with Crippen LogP contribution in [0.3, 0.4) is 0 Å². The molecule has 1 atom stereocenters. The van der Waals surface area contributed by atoms with Crippen LogP contribution >= 0.6 is 28.3 Å². The van der Waals surface area contributed by atoms with E-state index in [1.807, 2.05) is 0 Å². The maximum absolute atomic E-state index is 12.9. The van der Waals surface area contributed by atoms with E-state index in [0.717, 1.165) is 0 Å². The van der Waals surface area contributed by atoms with Gasteiger partial charge in [0, 0.05) is 10.5 Å². The highest BCUT2D eigenvalue weighted by Gasteiger charge is 2.11. The standard InChI is InChI=1S/C9H9BrFNO2.ClH/c10-6-1-5(2-7(11)3-6)8(12)4-9(13)14;/h1-3,8H,4,12H2,(H,13,14);1H/t8-;/m0./s1. The summed E-state index contributed by atoms with van der Waals surface area (Å²) in [7, 11) is 0. The van der Waals surface area contributed by atoms with Gasteiger partial charge in [-0.3, -0.25) is 4.79 Å². The molecule has 0 aliphatic carbocycles. The lowest BCUT2D eigenvalue weighted by atomic mass is 10.1. The van der Waals surface area contributed by atoms with Gasteiger partial charge in [0.05, 0.1) is 6.42 Å². The average molecular weight is 299 g/mol. The second-order valence-corrected chi connectivity index (χ2v) is 3.82. The number of carbonyl (C=O) groups is 1. The molecule has 0 aromatic heterocycles. The number of benzene rings is 1. The van der Waals surface area contributed by atoms with Gasteiger partial charge in [0.2, 0.25) is 0 Å². The summed E-state index contributed by atoms with van der Waals surface area (Å²) in [5.74, 6) is -1.44. The molecule has 1 aromatic carbocycles. The van der Waals surface area contributed by atoms with Crippen LogP contribution in [-0.4, -0.2) is 11.1 Å². The fourth-order valence-electron chi connectivity index (χ4n) is 1.10. The largest absolute Gasteiger partial charge is 0.481 e. The Hall–Kier alpha value is -0.650. The summed E-state index contributed by atoms with van der Waals surface area (Å²) < 4.78 is 13.4. The molecule has 0 saturated heterocycles. The lowest BCUT2D eigenvalue weighted by Gasteiger charge is -2.09. The average Bonchev–Trinajstić information content (AvgIpc) is 2.00. The van der Waals surface area contributed by atoms with Crippen molar-refractivity contribution < 1.29 is 14.3 Å². The minimum Gasteiger partial charge on any atom is -0.481 e. The molecular weight excluding hydrogens is 288 g/mol. The fraction of sp³-hybridized carbons (Fsp3) is 0.222. The van der Waals surface area contributed by atoms with Crippen LogP contribution in [-0.2, 0) is 4.79 Å². The van der Waals surface area contributed by atoms with Crippen LogP contribution in [0.25, 0.3) is 0 Å². The van der Waals surface area contributed by atoms with Crippen LogP contribution in [0.2, 0.25) is 0 Å². The predicted molar refractivity (Wildman–Crippen MR) is 60.5 cm³/mol. The Balaban J connectivity index is 0.00000196. The highest BCUT2D eigenvalue weighted by atomic mass is 79.9. The molecule has 1 rings (SSSR count). The summed E-state index contributed by atoms with van der Waals surface area (Å²) in [6.07, 6.45) is -0.212. The number of halogens is 3. The van der Waals surface area contributed by atoms with Crippen LogP contribution in [0.1, 0.15) is 18.0 Å². The minimum absolute atomic E-state index is 0. The maximum atomic E-state index is 12.9. The fourth-order valence-corrected chi connectivity index (χ4v) is 1.58. The smallest absolute Gasteiger partial charge is 0.305 e. The third-order valence-corrected chi connectivity index (χ3v) is 2.17. The predicted octanol–water partition coefficient (Wildman–Crippen LogP) is 2.48. The molecule has 0 radical (unpaired) electrons. The normalized spacial score (nSPS) is 11.7. The highest BCUT2D eigenvalue weighted by molar-refractivity contribution is 9.10. The van der Waals surface area contributed by atoms with Gasteiger partial charge >= 0.3 is 5.97 Å². The van der Waals surface area contributed by atoms with Crippen molar-refractivity contribution in [3.63, 3.8) is 0 Å². The molecule has 15 heavy (non-hydrogen) atoms. The van der Waals surface area contributed by atoms with Crippen molar-refractivity contribution in [2.24, 2.45) is 5.73 Å². The molecule has 1 aromatic rings. The third kappa shape index (κ3) is 4.59. The molecule has 0 aliphatic heterocycles. The van der Waals surface area contributed by atoms with E-state index in [1.165, 1.54) is 12.1 Å². The molecule has 0 heterocycles. The number of aliphatic carboxylic acids is 1. The molecule has 0 fully saturated rings. The van der Waals surface area contributed by atoms with E-state index < -0.39 is 17.8 Å². The summed E-state index contributed by atoms with van der Waals surface area (Å²) in [5.41, 5.74) is 6.04. The van der Waals surface area contributed by atoms with Crippen LogP contribution in [0.15, 0.2) is 22.7 Å². The Bertz CT molecular complexity index is 342. The molecule has 0 saturated carbocycles. The Morgan fingerprint density at radius 3 is 2.60 bits per heavy atom. The first-order valence-corrected chi connectivity index (χ1v) is 4.71. The molecular formula is C9H10BrClFNO2. The minimum atomic E-state index is -1.00. The van der Waals surface area contributed by atoms with Crippen molar-refractivity contribution in [3.05, 3.63) is 34.1 Å². The van der Waals surface area contributed by atoms with Crippen molar-refractivity contribution >= 4 is 34.3 Å². The third-order valence-electron chi connectivity index (χ3n) is 1.71. The van der Waals surface area contributed by atoms with E-state index in [0.29, 0.717) is 10.0 Å². The van der Waals surface area contributed by atoms with Gasteiger partial charge in [-0.05, 0) is 23.8 Å². The second-order valence-electron chi connectivity index (χ2n) is 2.91. The van der Waals surface area contributed by atoms with Crippen molar-refractivity contribution in [2.45, 2.75) is 12.5 Å². The Morgan fingerprint density at radius 1 is 1.53 bits per heavy atom. The number of carboxylic acid groups (broad SMARTS) is 1. The van der Waals surface area contributed by atoms with E-state index in [4.69, 9.17) is 10.8 Å². The van der Waals surface area contributed by atoms with Gasteiger partial charge in [0.25, 0.3) is 0 Å². The van der Waals surface area contributed by atoms with E-state index in [-0.39, 0.29) is 18.8 Å². The Morgan fingerprint density at radius 2 is 2.13 bits per heavy atom. The number of nitrogens with two attached hydrogens (primary N) is 1. The summed E-state index contributed by atoms with van der Waals surface area (Å²) in [5, 5.41) is 8.50. The first kappa shape index (κ1) is 14.3. The lowest BCUT2D eigenvalue weighted by Crippen LogP contribution is -2.15. The van der Waals surface area contributed by atoms with Gasteiger partial charge in [0.15, 0.2) is 0 Å². The molecule has 0 bridgehead atoms. The first-order valence-electron chi connectivity index (χ1n) is 3.92. The zero-order valence-electron chi connectivity index (χ0n) is 7.61. The Kier molecular flexibility index (Phi) is 5.79. The van der Waals surface area contributed by atoms with Gasteiger partial charge in [-0.2, -0.15) is 0 Å². The quantitative estimate of drug-likeness (QED) is 0.901. The van der Waals surface area contributed by atoms with Crippen molar-refractivity contribution in [2.75, 3.05) is 0 Å². The summed E-state index contributed by atoms with van der Waals surface area (Å²) in [4.78, 5) is 10.4. The van der Waals surface area contributed by atoms with E-state index in [1.54, 1.807) is 6.07 Å². The monoisotopic (exact) mass is 297 g/mol. The number of hydrogen-bond acceptors (Lipinski definition) is 2. The molecule has 6 heteroatoms. The highest BCUT2D eigenvalue weighted by Crippen LogP contribution is 2.20. The van der Waals surface area contributed by atoms with E-state index in [9.17, 15) is 9.18 Å². The van der Waals surface area contributed by atoms with Crippen molar-refractivity contribution in [1.82, 2.24) is 0 Å². The van der Waals surface area contributed by atoms with Gasteiger partial charge in [0.1, 0.15) is 5.82 Å². The van der Waals surface area contributed by atoms with Crippen LogP contribution in [0.4, 0.5) is 4.39 Å². The zero-order valence-corrected chi connectivity index (χ0v) is 10.0. The van der Waals surface area contributed by atoms with Crippen molar-refractivity contribution in [3.8, 4) is 0 Å². The summed E-state index contributed by atoms with van der Waals surface area (Å²) in [6.45, 7) is 0. The maximum Gasteiger partial charge on any atom is 0.305 e. The molecule has 3 nitrogen and oxygen atoms in total. The van der Waals surface area contributed by atoms with E-state index in [2.05, 4.69) is 15.9 Å². The number of carboxylic acids is 1. The summed E-state index contributed by atoms with van der Waals surface area (Å²) in [6, 6.07) is 3.45. The van der Waals surface area contributed by atoms with Crippen LogP contribution in [0.5, 0.6) is 0 Å². The number of rotatable bonds is 3. The molecule has 0 spiro atoms. The first-order chi connectivity index (χ1) is 6.49. The lowest BCUT2D eigenvalue weighted by molar-refractivity contribution is -0.137. The Labute approximate surface area is 101 Å². The van der Waals surface area contributed by atoms with Gasteiger partial charge in [-0.1, -0.05) is 15.9 Å². The van der Waals surface area contributed by atoms with Crippen molar-refractivity contribution in [1.29, 1.82) is 0 Å². The van der Waals surface area contributed by atoms with Crippen LogP contribution < -0.4 is 5.73 Å². The van der Waals surface area contributed by atoms with Gasteiger partial charge in [-0.25, -0.2) is 4.39 Å². The molecule has 84 valence electrons. The second kappa shape index (κ2) is 6.05. The molecule has 3 N–H and O–H groups in total. The number of hydrogen-bond donors (Lipinski definition) is 2. The zero-order chi connectivity index (χ0) is 10.7. The summed E-state index contributed by atoms with van der Waals surface area (Å²) >= 11 is 3.10. The van der Waals surface area contributed by atoms with E-state index >= 15 is 0 Å². The van der Waals surface area contributed by atoms with Gasteiger partial charge < -0.3 is 10.8 Å². The SMILES string of the molecule is Cl.N[C@@H](CC(=O)O)c1cc(F)cc(Br)c1. The van der Waals surface area contributed by atoms with Gasteiger partial charge in [-0.15, -0.1) is 12.4 Å².